The second kappa shape index (κ2) is 5.11. The first-order valence-corrected chi connectivity index (χ1v) is 7.67. The van der Waals surface area contributed by atoms with Crippen molar-refractivity contribution in [3.8, 4) is 0 Å². The number of carbonyl (C=O) groups excluding carboxylic acids is 1. The van der Waals surface area contributed by atoms with E-state index in [9.17, 15) is 4.79 Å². The molecule has 17 heavy (non-hydrogen) atoms. The average Bonchev–Trinajstić information content (AvgIpc) is 3.02. The van der Waals surface area contributed by atoms with Crippen LogP contribution in [0.15, 0.2) is 9.85 Å². The summed E-state index contributed by atoms with van der Waals surface area (Å²) in [5.74, 6) is 0.740. The SMILES string of the molecule is Cc1cc(C(=O)N(CC(C)C)C2CC2)sc1Br. The van der Waals surface area contributed by atoms with Crippen molar-refractivity contribution < 1.29 is 4.79 Å². The number of thiophene rings is 1. The molecule has 1 aromatic rings. The molecular weight excluding hydrogens is 298 g/mol. The van der Waals surface area contributed by atoms with E-state index in [4.69, 9.17) is 0 Å². The summed E-state index contributed by atoms with van der Waals surface area (Å²) in [5.41, 5.74) is 1.15. The highest BCUT2D eigenvalue weighted by atomic mass is 79.9. The molecule has 0 saturated heterocycles. The third-order valence-electron chi connectivity index (χ3n) is 2.88. The van der Waals surface area contributed by atoms with E-state index in [1.807, 2.05) is 13.0 Å². The van der Waals surface area contributed by atoms with Crippen LogP contribution in [0.3, 0.4) is 0 Å². The van der Waals surface area contributed by atoms with E-state index >= 15 is 0 Å². The van der Waals surface area contributed by atoms with Crippen LogP contribution < -0.4 is 0 Å². The van der Waals surface area contributed by atoms with Gasteiger partial charge in [0.2, 0.25) is 0 Å². The van der Waals surface area contributed by atoms with Gasteiger partial charge < -0.3 is 4.90 Å². The van der Waals surface area contributed by atoms with E-state index < -0.39 is 0 Å². The fourth-order valence-corrected chi connectivity index (χ4v) is 3.38. The summed E-state index contributed by atoms with van der Waals surface area (Å²) in [5, 5.41) is 0. The van der Waals surface area contributed by atoms with Crippen LogP contribution in [0.2, 0.25) is 0 Å². The molecule has 0 unspecified atom stereocenters. The lowest BCUT2D eigenvalue weighted by molar-refractivity contribution is 0.0727. The first kappa shape index (κ1) is 13.1. The molecule has 1 amide bonds. The third kappa shape index (κ3) is 3.10. The van der Waals surface area contributed by atoms with Crippen LogP contribution in [0.1, 0.15) is 41.9 Å². The molecule has 94 valence electrons. The number of nitrogens with zero attached hydrogens (tertiary/aromatic N) is 1. The molecule has 1 heterocycles. The van der Waals surface area contributed by atoms with Crippen molar-refractivity contribution in [1.82, 2.24) is 4.90 Å². The van der Waals surface area contributed by atoms with E-state index in [1.54, 1.807) is 11.3 Å². The van der Waals surface area contributed by atoms with Crippen LogP contribution in [-0.4, -0.2) is 23.4 Å². The largest absolute Gasteiger partial charge is 0.335 e. The number of hydrogen-bond donors (Lipinski definition) is 0. The van der Waals surface area contributed by atoms with E-state index in [1.165, 1.54) is 12.8 Å². The molecule has 2 rings (SSSR count). The van der Waals surface area contributed by atoms with Gasteiger partial charge in [-0.05, 0) is 53.2 Å². The van der Waals surface area contributed by atoms with Crippen molar-refractivity contribution in [2.45, 2.75) is 39.7 Å². The van der Waals surface area contributed by atoms with Gasteiger partial charge in [0, 0.05) is 12.6 Å². The maximum atomic E-state index is 12.4. The topological polar surface area (TPSA) is 20.3 Å². The normalized spacial score (nSPS) is 15.4. The fraction of sp³-hybridized carbons (Fsp3) is 0.615. The Kier molecular flexibility index (Phi) is 3.93. The summed E-state index contributed by atoms with van der Waals surface area (Å²) in [6, 6.07) is 2.48. The van der Waals surface area contributed by atoms with Crippen LogP contribution in [0, 0.1) is 12.8 Å². The number of aryl methyl sites for hydroxylation is 1. The highest BCUT2D eigenvalue weighted by Gasteiger charge is 2.33. The first-order valence-electron chi connectivity index (χ1n) is 6.06. The molecule has 0 bridgehead atoms. The smallest absolute Gasteiger partial charge is 0.264 e. The van der Waals surface area contributed by atoms with Gasteiger partial charge in [-0.1, -0.05) is 13.8 Å². The maximum absolute atomic E-state index is 12.4. The summed E-state index contributed by atoms with van der Waals surface area (Å²) in [4.78, 5) is 15.4. The van der Waals surface area contributed by atoms with E-state index in [-0.39, 0.29) is 5.91 Å². The van der Waals surface area contributed by atoms with Crippen LogP contribution in [0.4, 0.5) is 0 Å². The molecule has 1 aliphatic carbocycles. The van der Waals surface area contributed by atoms with Gasteiger partial charge in [0.05, 0.1) is 8.66 Å². The van der Waals surface area contributed by atoms with Crippen LogP contribution >= 0.6 is 27.3 Å². The molecule has 0 aromatic carbocycles. The van der Waals surface area contributed by atoms with E-state index in [0.717, 1.165) is 20.8 Å². The van der Waals surface area contributed by atoms with Crippen molar-refractivity contribution in [3.63, 3.8) is 0 Å². The zero-order valence-electron chi connectivity index (χ0n) is 10.5. The molecule has 2 nitrogen and oxygen atoms in total. The van der Waals surface area contributed by atoms with E-state index in [0.29, 0.717) is 12.0 Å². The lowest BCUT2D eigenvalue weighted by Gasteiger charge is -2.23. The van der Waals surface area contributed by atoms with Crippen molar-refractivity contribution in [2.24, 2.45) is 5.92 Å². The van der Waals surface area contributed by atoms with Gasteiger partial charge in [0.1, 0.15) is 0 Å². The Morgan fingerprint density at radius 2 is 2.24 bits per heavy atom. The third-order valence-corrected chi connectivity index (χ3v) is 5.00. The predicted octanol–water partition coefficient (Wildman–Crippen LogP) is 4.08. The predicted molar refractivity (Wildman–Crippen MR) is 75.7 cm³/mol. The molecule has 0 spiro atoms. The van der Waals surface area contributed by atoms with Gasteiger partial charge in [-0.2, -0.15) is 0 Å². The van der Waals surface area contributed by atoms with Gasteiger partial charge in [0.15, 0.2) is 0 Å². The molecule has 1 aliphatic rings. The van der Waals surface area contributed by atoms with Crippen LogP contribution in [0.25, 0.3) is 0 Å². The molecule has 0 radical (unpaired) electrons. The second-order valence-corrected chi connectivity index (χ2v) is 7.52. The number of halogens is 1. The van der Waals surface area contributed by atoms with Gasteiger partial charge >= 0.3 is 0 Å². The van der Waals surface area contributed by atoms with E-state index in [2.05, 4.69) is 34.7 Å². The summed E-state index contributed by atoms with van der Waals surface area (Å²) in [6.07, 6.45) is 2.34. The monoisotopic (exact) mass is 315 g/mol. The summed E-state index contributed by atoms with van der Waals surface area (Å²) in [6.45, 7) is 7.23. The minimum Gasteiger partial charge on any atom is -0.335 e. The highest BCUT2D eigenvalue weighted by molar-refractivity contribution is 9.11. The zero-order chi connectivity index (χ0) is 12.6. The Balaban J connectivity index is 2.15. The van der Waals surface area contributed by atoms with Crippen molar-refractivity contribution in [1.29, 1.82) is 0 Å². The van der Waals surface area contributed by atoms with Gasteiger partial charge in [0.25, 0.3) is 5.91 Å². The minimum atomic E-state index is 0.208. The molecular formula is C13H18BrNOS. The zero-order valence-corrected chi connectivity index (χ0v) is 12.9. The minimum absolute atomic E-state index is 0.208. The number of carbonyl (C=O) groups is 1. The molecule has 0 aliphatic heterocycles. The molecule has 1 fully saturated rings. The number of hydrogen-bond acceptors (Lipinski definition) is 2. The Morgan fingerprint density at radius 3 is 2.65 bits per heavy atom. The molecule has 1 aromatic heterocycles. The highest BCUT2D eigenvalue weighted by Crippen LogP contribution is 2.33. The molecule has 1 saturated carbocycles. The lowest BCUT2D eigenvalue weighted by Crippen LogP contribution is -2.35. The Bertz CT molecular complexity index is 404. The van der Waals surface area contributed by atoms with Crippen molar-refractivity contribution >= 4 is 33.2 Å². The Labute approximate surface area is 115 Å². The van der Waals surface area contributed by atoms with Crippen molar-refractivity contribution in [2.75, 3.05) is 6.54 Å². The molecule has 4 heteroatoms. The number of rotatable bonds is 4. The summed E-state index contributed by atoms with van der Waals surface area (Å²) < 4.78 is 1.07. The Hall–Kier alpha value is -0.350. The first-order chi connectivity index (χ1) is 7.99. The standard InChI is InChI=1S/C13H18BrNOS/c1-8(2)7-15(10-4-5-10)13(16)11-6-9(3)12(14)17-11/h6,8,10H,4-5,7H2,1-3H3. The average molecular weight is 316 g/mol. The fourth-order valence-electron chi connectivity index (χ4n) is 1.88. The Morgan fingerprint density at radius 1 is 1.59 bits per heavy atom. The second-order valence-electron chi connectivity index (χ2n) is 5.15. The van der Waals surface area contributed by atoms with Gasteiger partial charge in [-0.25, -0.2) is 0 Å². The van der Waals surface area contributed by atoms with Crippen molar-refractivity contribution in [3.05, 3.63) is 20.3 Å². The summed E-state index contributed by atoms with van der Waals surface area (Å²) >= 11 is 5.03. The molecule has 0 atom stereocenters. The van der Waals surface area contributed by atoms with Gasteiger partial charge in [-0.15, -0.1) is 11.3 Å². The van der Waals surface area contributed by atoms with Crippen LogP contribution in [0.5, 0.6) is 0 Å². The lowest BCUT2D eigenvalue weighted by atomic mass is 10.2. The number of amides is 1. The maximum Gasteiger partial charge on any atom is 0.264 e. The van der Waals surface area contributed by atoms with Gasteiger partial charge in [-0.3, -0.25) is 4.79 Å². The summed E-state index contributed by atoms with van der Waals surface area (Å²) in [7, 11) is 0. The molecule has 0 N–H and O–H groups in total. The quantitative estimate of drug-likeness (QED) is 0.819. The van der Waals surface area contributed by atoms with Crippen LogP contribution in [-0.2, 0) is 0 Å².